The molecule has 0 amide bonds. The Morgan fingerprint density at radius 1 is 0.0811 bits per heavy atom. The van der Waals surface area contributed by atoms with E-state index >= 15 is 0 Å². The summed E-state index contributed by atoms with van der Waals surface area (Å²) in [5.41, 5.74) is 7.00. The minimum absolute atomic E-state index is 0.833. The smallest absolute Gasteiger partial charge is 0.0297 e. The van der Waals surface area contributed by atoms with Crippen LogP contribution in [-0.2, 0) is 0 Å². The molecule has 16 rings (SSSR count). The molecule has 0 aliphatic heterocycles. The van der Waals surface area contributed by atoms with E-state index in [4.69, 9.17) is 0 Å². The normalized spacial score (nSPS) is 24.9. The van der Waals surface area contributed by atoms with Gasteiger partial charge in [0.25, 0.3) is 0 Å². The van der Waals surface area contributed by atoms with E-state index in [0.717, 1.165) is 90.7 Å². The Hall–Kier alpha value is 0. The zero-order valence-electron chi connectivity index (χ0n) is 82.8. The highest BCUT2D eigenvalue weighted by Gasteiger charge is 2.40. The van der Waals surface area contributed by atoms with E-state index in [2.05, 4.69) is 166 Å². The van der Waals surface area contributed by atoms with E-state index < -0.39 is 0 Å². The van der Waals surface area contributed by atoms with E-state index in [9.17, 15) is 0 Å². The first-order valence-corrected chi connectivity index (χ1v) is 52.7. The molecule has 0 bridgehead atoms. The van der Waals surface area contributed by atoms with Gasteiger partial charge in [-0.2, -0.15) is 0 Å². The van der Waals surface area contributed by atoms with Gasteiger partial charge in [0.05, 0.1) is 0 Å². The highest BCUT2D eigenvalue weighted by Crippen LogP contribution is 2.55. The zero-order valence-corrected chi connectivity index (χ0v) is 82.8. The summed E-state index contributed by atoms with van der Waals surface area (Å²) in [5.74, 6) is 6.67. The lowest BCUT2D eigenvalue weighted by molar-refractivity contribution is 0.197. The van der Waals surface area contributed by atoms with E-state index in [1.807, 2.05) is 0 Å². The van der Waals surface area contributed by atoms with Gasteiger partial charge in [-0.1, -0.05) is 417 Å². The predicted molar refractivity (Wildman–Crippen MR) is 511 cm³/mol. The van der Waals surface area contributed by atoms with Gasteiger partial charge in [0.2, 0.25) is 0 Å². The van der Waals surface area contributed by atoms with Crippen LogP contribution < -0.4 is 0 Å². The van der Waals surface area contributed by atoms with Crippen LogP contribution in [0.25, 0.3) is 0 Å². The van der Waals surface area contributed by atoms with Crippen molar-refractivity contribution in [1.82, 2.24) is 0 Å². The molecule has 666 valence electrons. The average Bonchev–Trinajstić information content (AvgIpc) is 1.77. The molecule has 16 aliphatic carbocycles. The minimum atomic E-state index is 0.833. The lowest BCUT2D eigenvalue weighted by atomic mass is 9.73. The minimum Gasteiger partial charge on any atom is -0.0630 e. The molecule has 0 radical (unpaired) electrons. The SMILES string of the molecule is C1CCC2(C1)CCCC2.C1CCC2(CC1)CCCC2.C1CCC2(CC1)CCCC2.C1CCC2(CC1)CCCC2.C1CCC2(CC1)CCCC2.C1CCC2(CC1)CCCC2.C1CCC2(CC1)CCCC2.C1CCC2(CC1)CCCC2.CC(C)C.CC(C)C.CC(C)C.CC(C)C.CC(C)C.CC(C)C.CC(C)C.CC(C)C. The fourth-order valence-corrected chi connectivity index (χ4v) is 23.2. The molecule has 16 fully saturated rings. The molecule has 111 heavy (non-hydrogen) atoms. The fraction of sp³-hybridized carbons (Fsp3) is 1.00. The van der Waals surface area contributed by atoms with Crippen LogP contribution in [0.1, 0.15) is 622 Å². The van der Waals surface area contributed by atoms with Crippen LogP contribution in [0.15, 0.2) is 0 Å². The third-order valence-corrected chi connectivity index (χ3v) is 28.4. The third-order valence-electron chi connectivity index (χ3n) is 28.4. The molecule has 0 aromatic rings. The maximum absolute atomic E-state index is 2.17. The second-order valence-corrected chi connectivity index (χ2v) is 47.6. The molecular formula is C111H222. The van der Waals surface area contributed by atoms with Gasteiger partial charge in [-0.3, -0.25) is 0 Å². The Balaban J connectivity index is 0.000000602. The Labute approximate surface area is 708 Å². The second-order valence-electron chi connectivity index (χ2n) is 47.6. The monoisotopic (exact) mass is 1560 g/mol. The highest BCUT2D eigenvalue weighted by molar-refractivity contribution is 4.93. The fourth-order valence-electron chi connectivity index (χ4n) is 23.2. The quantitative estimate of drug-likeness (QED) is 0.227. The van der Waals surface area contributed by atoms with Crippen LogP contribution in [0.2, 0.25) is 0 Å². The second kappa shape index (κ2) is 63.9. The van der Waals surface area contributed by atoms with Crippen LogP contribution >= 0.6 is 0 Å². The van der Waals surface area contributed by atoms with Crippen molar-refractivity contribution in [3.63, 3.8) is 0 Å². The van der Waals surface area contributed by atoms with Crippen molar-refractivity contribution in [2.75, 3.05) is 0 Å². The summed E-state index contributed by atoms with van der Waals surface area (Å²) in [4.78, 5) is 0. The van der Waals surface area contributed by atoms with Crippen LogP contribution in [0.3, 0.4) is 0 Å². The molecule has 16 saturated carbocycles. The summed E-state index contributed by atoms with van der Waals surface area (Å²) >= 11 is 0. The standard InChI is InChI=1S/7C10H18.C9H16.8C4H10/c7*1-2-6-10(7-3-1)8-4-5-9-10;1-2-6-9(5-1)7-3-4-8-9;8*1-4(2)3/h7*1-9H2;1-8H2;8*4H,1-3H3. The molecule has 16 aliphatic rings. The first-order chi connectivity index (χ1) is 52.7. The first-order valence-electron chi connectivity index (χ1n) is 52.7. The van der Waals surface area contributed by atoms with Crippen molar-refractivity contribution in [2.24, 2.45) is 90.7 Å². The number of hydrogen-bond acceptors (Lipinski definition) is 0. The number of hydrogen-bond donors (Lipinski definition) is 0. The van der Waals surface area contributed by atoms with E-state index in [-0.39, 0.29) is 0 Å². The Morgan fingerprint density at radius 2 is 0.117 bits per heavy atom. The zero-order chi connectivity index (χ0) is 82.8. The van der Waals surface area contributed by atoms with Crippen LogP contribution in [0.4, 0.5) is 0 Å². The van der Waals surface area contributed by atoms with Crippen molar-refractivity contribution < 1.29 is 0 Å². The molecule has 0 aromatic heterocycles. The van der Waals surface area contributed by atoms with Gasteiger partial charge in [0.15, 0.2) is 0 Å². The summed E-state index contributed by atoms with van der Waals surface area (Å²) in [7, 11) is 0. The van der Waals surface area contributed by atoms with Gasteiger partial charge in [-0.15, -0.1) is 0 Å². The van der Waals surface area contributed by atoms with Gasteiger partial charge in [0, 0.05) is 0 Å². The molecule has 0 heteroatoms. The Kier molecular flexibility index (Phi) is 62.8. The molecular weight excluding hydrogens is 1330 g/mol. The van der Waals surface area contributed by atoms with Crippen LogP contribution in [0.5, 0.6) is 0 Å². The molecule has 0 heterocycles. The number of rotatable bonds is 0. The summed E-state index contributed by atoms with van der Waals surface area (Å²) in [6.45, 7) is 52.0. The van der Waals surface area contributed by atoms with Gasteiger partial charge in [0.1, 0.15) is 0 Å². The highest BCUT2D eigenvalue weighted by atomic mass is 14.5. The van der Waals surface area contributed by atoms with Gasteiger partial charge in [-0.25, -0.2) is 0 Å². The lowest BCUT2D eigenvalue weighted by Gasteiger charge is -2.32. The first kappa shape index (κ1) is 109. The maximum atomic E-state index is 2.17. The van der Waals surface area contributed by atoms with Gasteiger partial charge >= 0.3 is 0 Å². The average molecular weight is 1560 g/mol. The van der Waals surface area contributed by atoms with Crippen molar-refractivity contribution in [1.29, 1.82) is 0 Å². The Morgan fingerprint density at radius 3 is 0.162 bits per heavy atom. The molecule has 0 aromatic carbocycles. The molecule has 0 N–H and O–H groups in total. The largest absolute Gasteiger partial charge is 0.0630 e. The Bertz CT molecular complexity index is 1500. The van der Waals surface area contributed by atoms with E-state index in [0.29, 0.717) is 0 Å². The van der Waals surface area contributed by atoms with Gasteiger partial charge in [-0.05, 0) is 296 Å². The molecule has 8 spiro atoms. The van der Waals surface area contributed by atoms with Crippen LogP contribution in [0, 0.1) is 90.7 Å². The van der Waals surface area contributed by atoms with Crippen molar-refractivity contribution in [3.05, 3.63) is 0 Å². The van der Waals surface area contributed by atoms with Crippen molar-refractivity contribution in [3.8, 4) is 0 Å². The summed E-state index contributed by atoms with van der Waals surface area (Å²) in [5, 5.41) is 0. The van der Waals surface area contributed by atoms with Crippen molar-refractivity contribution in [2.45, 2.75) is 622 Å². The molecule has 0 unspecified atom stereocenters. The maximum Gasteiger partial charge on any atom is -0.0297 e. The van der Waals surface area contributed by atoms with Crippen molar-refractivity contribution >= 4 is 0 Å². The molecule has 0 atom stereocenters. The molecule has 0 saturated heterocycles. The summed E-state index contributed by atoms with van der Waals surface area (Å²) in [6, 6.07) is 0. The summed E-state index contributed by atoms with van der Waals surface area (Å²) in [6.07, 6.45) is 109. The predicted octanol–water partition coefficient (Wildman–Crippen LogP) is 41.0. The molecule has 0 nitrogen and oxygen atoms in total. The van der Waals surface area contributed by atoms with Crippen LogP contribution in [-0.4, -0.2) is 0 Å². The lowest BCUT2D eigenvalue weighted by Crippen LogP contribution is -2.19. The van der Waals surface area contributed by atoms with E-state index in [1.54, 1.807) is 205 Å². The topological polar surface area (TPSA) is 0 Å². The van der Waals surface area contributed by atoms with E-state index in [1.165, 1.54) is 250 Å². The summed E-state index contributed by atoms with van der Waals surface area (Å²) < 4.78 is 0. The third kappa shape index (κ3) is 56.3. The van der Waals surface area contributed by atoms with Gasteiger partial charge < -0.3 is 0 Å².